The molecule has 2 amide bonds. The standard InChI is InChI=1S/C18H23N5O2/c24-17(21-8-1-2-9-21)6-5-14-12-15-13-22(10-11-23(15)20-14)18(25)16-4-3-7-19-16/h3-4,7,12,19H,1-2,5-6,8-11,13H2. The number of rotatable bonds is 4. The van der Waals surface area contributed by atoms with Gasteiger partial charge >= 0.3 is 0 Å². The molecule has 0 aliphatic carbocycles. The van der Waals surface area contributed by atoms with Gasteiger partial charge in [-0.05, 0) is 31.0 Å². The highest BCUT2D eigenvalue weighted by molar-refractivity contribution is 5.92. The van der Waals surface area contributed by atoms with Crippen LogP contribution < -0.4 is 0 Å². The maximum atomic E-state index is 12.5. The number of carbonyl (C=O) groups excluding carboxylic acids is 2. The van der Waals surface area contributed by atoms with E-state index in [2.05, 4.69) is 10.1 Å². The average molecular weight is 341 g/mol. The van der Waals surface area contributed by atoms with Gasteiger partial charge < -0.3 is 14.8 Å². The lowest BCUT2D eigenvalue weighted by Crippen LogP contribution is -2.38. The van der Waals surface area contributed by atoms with Gasteiger partial charge in [0.15, 0.2) is 0 Å². The van der Waals surface area contributed by atoms with Crippen molar-refractivity contribution in [3.63, 3.8) is 0 Å². The van der Waals surface area contributed by atoms with Gasteiger partial charge in [0.05, 0.1) is 24.5 Å². The lowest BCUT2D eigenvalue weighted by atomic mass is 10.2. The van der Waals surface area contributed by atoms with Crippen molar-refractivity contribution in [2.75, 3.05) is 19.6 Å². The zero-order valence-corrected chi connectivity index (χ0v) is 14.3. The summed E-state index contributed by atoms with van der Waals surface area (Å²) in [5, 5.41) is 4.61. The van der Waals surface area contributed by atoms with Gasteiger partial charge in [-0.15, -0.1) is 0 Å². The molecule has 1 N–H and O–H groups in total. The van der Waals surface area contributed by atoms with Crippen LogP contribution in [0.3, 0.4) is 0 Å². The Kier molecular flexibility index (Phi) is 4.29. The smallest absolute Gasteiger partial charge is 0.270 e. The molecule has 0 aromatic carbocycles. The highest BCUT2D eigenvalue weighted by Gasteiger charge is 2.24. The number of nitrogens with one attached hydrogen (secondary N) is 1. The Labute approximate surface area is 146 Å². The van der Waals surface area contributed by atoms with Gasteiger partial charge in [-0.3, -0.25) is 14.3 Å². The van der Waals surface area contributed by atoms with E-state index in [9.17, 15) is 9.59 Å². The highest BCUT2D eigenvalue weighted by atomic mass is 16.2. The van der Waals surface area contributed by atoms with E-state index in [1.165, 1.54) is 0 Å². The van der Waals surface area contributed by atoms with E-state index in [-0.39, 0.29) is 11.8 Å². The number of aromatic amines is 1. The summed E-state index contributed by atoms with van der Waals surface area (Å²) >= 11 is 0. The molecular formula is C18H23N5O2. The van der Waals surface area contributed by atoms with Gasteiger partial charge in [0, 0.05) is 38.7 Å². The van der Waals surface area contributed by atoms with Crippen LogP contribution in [-0.2, 0) is 24.3 Å². The largest absolute Gasteiger partial charge is 0.357 e. The van der Waals surface area contributed by atoms with E-state index in [0.717, 1.165) is 37.3 Å². The van der Waals surface area contributed by atoms with Crippen LogP contribution in [-0.4, -0.2) is 56.0 Å². The van der Waals surface area contributed by atoms with E-state index in [1.54, 1.807) is 12.3 Å². The lowest BCUT2D eigenvalue weighted by Gasteiger charge is -2.27. The SMILES string of the molecule is O=C(CCc1cc2n(n1)CCN(C(=O)c1ccc[nH]1)C2)N1CCCC1. The van der Waals surface area contributed by atoms with Gasteiger partial charge in [0.25, 0.3) is 5.91 Å². The Balaban J connectivity index is 1.37. The number of aryl methyl sites for hydroxylation is 1. The topological polar surface area (TPSA) is 74.2 Å². The lowest BCUT2D eigenvalue weighted by molar-refractivity contribution is -0.130. The third kappa shape index (κ3) is 3.31. The quantitative estimate of drug-likeness (QED) is 0.914. The molecule has 132 valence electrons. The van der Waals surface area contributed by atoms with Crippen LogP contribution in [0.25, 0.3) is 0 Å². The minimum Gasteiger partial charge on any atom is -0.357 e. The molecule has 0 radical (unpaired) electrons. The Morgan fingerprint density at radius 1 is 1.12 bits per heavy atom. The summed E-state index contributed by atoms with van der Waals surface area (Å²) in [6, 6.07) is 5.66. The fourth-order valence-corrected chi connectivity index (χ4v) is 3.61. The minimum absolute atomic E-state index is 0.0169. The summed E-state index contributed by atoms with van der Waals surface area (Å²) in [4.78, 5) is 31.4. The molecule has 1 fully saturated rings. The molecule has 7 nitrogen and oxygen atoms in total. The number of fused-ring (bicyclic) bond motifs is 1. The molecule has 1 saturated heterocycles. The van der Waals surface area contributed by atoms with E-state index in [4.69, 9.17) is 0 Å². The second-order valence-electron chi connectivity index (χ2n) is 6.75. The van der Waals surface area contributed by atoms with Crippen LogP contribution in [0.5, 0.6) is 0 Å². The molecule has 0 spiro atoms. The summed E-state index contributed by atoms with van der Waals surface area (Å²) in [5.41, 5.74) is 2.59. The zero-order valence-electron chi connectivity index (χ0n) is 14.3. The first kappa shape index (κ1) is 15.9. The second kappa shape index (κ2) is 6.74. The number of aromatic nitrogens is 3. The van der Waals surface area contributed by atoms with Crippen LogP contribution in [0.15, 0.2) is 24.4 Å². The molecule has 7 heteroatoms. The summed E-state index contributed by atoms with van der Waals surface area (Å²) in [6.07, 6.45) is 5.18. The van der Waals surface area contributed by atoms with E-state index in [0.29, 0.717) is 38.2 Å². The summed E-state index contributed by atoms with van der Waals surface area (Å²) < 4.78 is 1.97. The molecule has 0 unspecified atom stereocenters. The molecule has 25 heavy (non-hydrogen) atoms. The minimum atomic E-state index is 0.0169. The van der Waals surface area contributed by atoms with Crippen molar-refractivity contribution in [2.45, 2.75) is 38.8 Å². The maximum absolute atomic E-state index is 12.5. The monoisotopic (exact) mass is 341 g/mol. The Bertz CT molecular complexity index is 759. The average Bonchev–Trinajstić information content (AvgIpc) is 3.39. The van der Waals surface area contributed by atoms with Crippen LogP contribution in [0.1, 0.15) is 41.1 Å². The van der Waals surface area contributed by atoms with Gasteiger partial charge in [0.1, 0.15) is 5.69 Å². The van der Waals surface area contributed by atoms with Gasteiger partial charge in [0.2, 0.25) is 5.91 Å². The molecule has 0 atom stereocenters. The zero-order chi connectivity index (χ0) is 17.2. The van der Waals surface area contributed by atoms with Crippen molar-refractivity contribution in [2.24, 2.45) is 0 Å². The Morgan fingerprint density at radius 3 is 2.72 bits per heavy atom. The van der Waals surface area contributed by atoms with Crippen LogP contribution in [0, 0.1) is 0 Å². The van der Waals surface area contributed by atoms with Gasteiger partial charge in [-0.2, -0.15) is 5.10 Å². The highest BCUT2D eigenvalue weighted by Crippen LogP contribution is 2.17. The first-order valence-electron chi connectivity index (χ1n) is 8.97. The van der Waals surface area contributed by atoms with Crippen molar-refractivity contribution in [3.05, 3.63) is 41.5 Å². The van der Waals surface area contributed by atoms with Crippen molar-refractivity contribution in [1.82, 2.24) is 24.6 Å². The van der Waals surface area contributed by atoms with Crippen LogP contribution in [0.2, 0.25) is 0 Å². The molecule has 2 aromatic heterocycles. The molecule has 0 saturated carbocycles. The van der Waals surface area contributed by atoms with E-state index >= 15 is 0 Å². The van der Waals surface area contributed by atoms with Crippen LogP contribution in [0.4, 0.5) is 0 Å². The van der Waals surface area contributed by atoms with Crippen molar-refractivity contribution in [3.8, 4) is 0 Å². The van der Waals surface area contributed by atoms with Gasteiger partial charge in [-0.1, -0.05) is 0 Å². The number of amides is 2. The van der Waals surface area contributed by atoms with Crippen LogP contribution >= 0.6 is 0 Å². The Hall–Kier alpha value is -2.57. The molecule has 4 rings (SSSR count). The predicted molar refractivity (Wildman–Crippen MR) is 91.9 cm³/mol. The van der Waals surface area contributed by atoms with E-state index < -0.39 is 0 Å². The fraction of sp³-hybridized carbons (Fsp3) is 0.500. The number of H-pyrrole nitrogens is 1. The third-order valence-electron chi connectivity index (χ3n) is 5.02. The molecule has 2 aliphatic heterocycles. The predicted octanol–water partition coefficient (Wildman–Crippen LogP) is 1.42. The summed E-state index contributed by atoms with van der Waals surface area (Å²) in [5.74, 6) is 0.246. The van der Waals surface area contributed by atoms with E-state index in [1.807, 2.05) is 26.6 Å². The second-order valence-corrected chi connectivity index (χ2v) is 6.75. The van der Waals surface area contributed by atoms with Gasteiger partial charge in [-0.25, -0.2) is 0 Å². The molecule has 2 aromatic rings. The Morgan fingerprint density at radius 2 is 1.96 bits per heavy atom. The fourth-order valence-electron chi connectivity index (χ4n) is 3.61. The maximum Gasteiger partial charge on any atom is 0.270 e. The normalized spacial score (nSPS) is 17.0. The first-order chi connectivity index (χ1) is 12.2. The first-order valence-corrected chi connectivity index (χ1v) is 8.97. The molecule has 2 aliphatic rings. The third-order valence-corrected chi connectivity index (χ3v) is 5.02. The number of hydrogen-bond acceptors (Lipinski definition) is 3. The summed E-state index contributed by atoms with van der Waals surface area (Å²) in [6.45, 7) is 3.70. The summed E-state index contributed by atoms with van der Waals surface area (Å²) in [7, 11) is 0. The van der Waals surface area contributed by atoms with Crippen molar-refractivity contribution >= 4 is 11.8 Å². The number of likely N-dealkylation sites (tertiary alicyclic amines) is 1. The van der Waals surface area contributed by atoms with Crippen molar-refractivity contribution < 1.29 is 9.59 Å². The number of carbonyl (C=O) groups is 2. The van der Waals surface area contributed by atoms with Crippen molar-refractivity contribution in [1.29, 1.82) is 0 Å². The molecule has 0 bridgehead atoms. The number of nitrogens with zero attached hydrogens (tertiary/aromatic N) is 4. The molecule has 4 heterocycles. The number of hydrogen-bond donors (Lipinski definition) is 1. The molecular weight excluding hydrogens is 318 g/mol.